The first-order chi connectivity index (χ1) is 8.59. The highest BCUT2D eigenvalue weighted by atomic mass is 16.4. The minimum absolute atomic E-state index is 0.115. The fourth-order valence-electron chi connectivity index (χ4n) is 2.53. The number of hydrogen-bond acceptors (Lipinski definition) is 3. The quantitative estimate of drug-likeness (QED) is 0.817. The number of aromatic nitrogens is 2. The Kier molecular flexibility index (Phi) is 2.23. The summed E-state index contributed by atoms with van der Waals surface area (Å²) in [6, 6.07) is 1.64. The lowest BCUT2D eigenvalue weighted by atomic mass is 10.1. The molecule has 0 aliphatic heterocycles. The van der Waals surface area contributed by atoms with Gasteiger partial charge in [-0.25, -0.2) is 9.78 Å². The van der Waals surface area contributed by atoms with Gasteiger partial charge in [0.1, 0.15) is 5.56 Å². The third-order valence-corrected chi connectivity index (χ3v) is 3.44. The fourth-order valence-corrected chi connectivity index (χ4v) is 2.53. The van der Waals surface area contributed by atoms with Crippen molar-refractivity contribution < 1.29 is 9.90 Å². The van der Waals surface area contributed by atoms with E-state index >= 15 is 0 Å². The van der Waals surface area contributed by atoms with Crippen molar-refractivity contribution in [3.8, 4) is 0 Å². The van der Waals surface area contributed by atoms with Crippen LogP contribution in [0.2, 0.25) is 0 Å². The van der Waals surface area contributed by atoms with Gasteiger partial charge in [0.2, 0.25) is 0 Å². The summed E-state index contributed by atoms with van der Waals surface area (Å²) in [4.78, 5) is 27.9. The zero-order valence-electron chi connectivity index (χ0n) is 9.93. The van der Waals surface area contributed by atoms with Gasteiger partial charge in [0, 0.05) is 11.8 Å². The van der Waals surface area contributed by atoms with Crippen molar-refractivity contribution in [3.05, 3.63) is 45.0 Å². The van der Waals surface area contributed by atoms with Gasteiger partial charge in [-0.3, -0.25) is 9.20 Å². The molecule has 1 aliphatic rings. The molecule has 1 aliphatic carbocycles. The monoisotopic (exact) mass is 244 g/mol. The summed E-state index contributed by atoms with van der Waals surface area (Å²) in [5.74, 6) is -1.05. The van der Waals surface area contributed by atoms with E-state index in [1.54, 1.807) is 19.2 Å². The van der Waals surface area contributed by atoms with E-state index in [2.05, 4.69) is 4.98 Å². The molecule has 2 aromatic rings. The summed E-state index contributed by atoms with van der Waals surface area (Å²) in [6.07, 6.45) is 4.01. The summed E-state index contributed by atoms with van der Waals surface area (Å²) in [5.41, 5.74) is 2.35. The maximum absolute atomic E-state index is 12.2. The molecule has 1 N–H and O–H groups in total. The first-order valence-electron chi connectivity index (χ1n) is 5.86. The Balaban J connectivity index is 2.50. The van der Waals surface area contributed by atoms with E-state index < -0.39 is 5.97 Å². The minimum Gasteiger partial charge on any atom is -0.478 e. The second kappa shape index (κ2) is 3.66. The Morgan fingerprint density at radius 1 is 1.44 bits per heavy atom. The van der Waals surface area contributed by atoms with Crippen LogP contribution in [0.1, 0.15) is 33.6 Å². The molecule has 0 bridgehead atoms. The van der Waals surface area contributed by atoms with Gasteiger partial charge in [-0.05, 0) is 37.8 Å². The van der Waals surface area contributed by atoms with Crippen LogP contribution in [-0.2, 0) is 12.8 Å². The van der Waals surface area contributed by atoms with E-state index in [4.69, 9.17) is 0 Å². The Hall–Kier alpha value is -2.17. The molecule has 0 atom stereocenters. The third-order valence-electron chi connectivity index (χ3n) is 3.44. The molecular weight excluding hydrogens is 232 g/mol. The van der Waals surface area contributed by atoms with Crippen molar-refractivity contribution >= 4 is 11.6 Å². The summed E-state index contributed by atoms with van der Waals surface area (Å²) in [7, 11) is 0. The standard InChI is InChI=1S/C13H12N2O3/c1-7-5-6-15-11(10(7)13(17)18)14-9-4-2-3-8(9)12(15)16/h5-6H,2-4H2,1H3,(H,17,18). The molecule has 18 heavy (non-hydrogen) atoms. The molecule has 5 heteroatoms. The van der Waals surface area contributed by atoms with Crippen LogP contribution in [0.4, 0.5) is 0 Å². The third kappa shape index (κ3) is 1.37. The largest absolute Gasteiger partial charge is 0.478 e. The average molecular weight is 244 g/mol. The van der Waals surface area contributed by atoms with Crippen molar-refractivity contribution in [1.82, 2.24) is 9.38 Å². The van der Waals surface area contributed by atoms with E-state index in [0.29, 0.717) is 5.56 Å². The first kappa shape index (κ1) is 11.0. The van der Waals surface area contributed by atoms with Crippen molar-refractivity contribution in [2.24, 2.45) is 0 Å². The zero-order chi connectivity index (χ0) is 12.9. The number of aryl methyl sites for hydroxylation is 2. The summed E-state index contributed by atoms with van der Waals surface area (Å²) in [6.45, 7) is 1.71. The highest BCUT2D eigenvalue weighted by Gasteiger charge is 2.21. The Morgan fingerprint density at radius 2 is 2.22 bits per heavy atom. The zero-order valence-corrected chi connectivity index (χ0v) is 9.93. The lowest BCUT2D eigenvalue weighted by molar-refractivity contribution is 0.0697. The first-order valence-corrected chi connectivity index (χ1v) is 5.86. The molecule has 0 fully saturated rings. The molecule has 0 aromatic carbocycles. The fraction of sp³-hybridized carbons (Fsp3) is 0.308. The summed E-state index contributed by atoms with van der Waals surface area (Å²) >= 11 is 0. The van der Waals surface area contributed by atoms with Crippen LogP contribution in [0.25, 0.3) is 5.65 Å². The molecule has 0 spiro atoms. The summed E-state index contributed by atoms with van der Waals surface area (Å²) < 4.78 is 1.35. The molecular formula is C13H12N2O3. The van der Waals surface area contributed by atoms with Gasteiger partial charge >= 0.3 is 5.97 Å². The highest BCUT2D eigenvalue weighted by Crippen LogP contribution is 2.20. The molecule has 5 nitrogen and oxygen atoms in total. The number of fused-ring (bicyclic) bond motifs is 2. The van der Waals surface area contributed by atoms with E-state index in [0.717, 1.165) is 30.5 Å². The Morgan fingerprint density at radius 3 is 2.94 bits per heavy atom. The van der Waals surface area contributed by atoms with E-state index in [-0.39, 0.29) is 16.8 Å². The van der Waals surface area contributed by atoms with Crippen LogP contribution in [0, 0.1) is 6.92 Å². The number of carbonyl (C=O) groups is 1. The maximum Gasteiger partial charge on any atom is 0.339 e. The maximum atomic E-state index is 12.2. The van der Waals surface area contributed by atoms with Gasteiger partial charge in [-0.2, -0.15) is 0 Å². The molecule has 3 rings (SSSR count). The lowest BCUT2D eigenvalue weighted by Crippen LogP contribution is -2.22. The minimum atomic E-state index is -1.05. The van der Waals surface area contributed by atoms with Crippen LogP contribution < -0.4 is 5.56 Å². The molecule has 0 radical (unpaired) electrons. The van der Waals surface area contributed by atoms with Crippen LogP contribution in [0.3, 0.4) is 0 Å². The topological polar surface area (TPSA) is 71.7 Å². The normalized spacial score (nSPS) is 13.8. The molecule has 0 saturated carbocycles. The number of rotatable bonds is 1. The second-order valence-corrected chi connectivity index (χ2v) is 4.57. The molecule has 92 valence electrons. The average Bonchev–Trinajstić information content (AvgIpc) is 2.76. The second-order valence-electron chi connectivity index (χ2n) is 4.57. The van der Waals surface area contributed by atoms with E-state index in [9.17, 15) is 14.7 Å². The molecule has 0 saturated heterocycles. The van der Waals surface area contributed by atoms with Gasteiger partial charge in [-0.15, -0.1) is 0 Å². The molecule has 0 unspecified atom stereocenters. The van der Waals surface area contributed by atoms with Crippen LogP contribution >= 0.6 is 0 Å². The van der Waals surface area contributed by atoms with Gasteiger partial charge < -0.3 is 5.11 Å². The predicted octanol–water partition coefficient (Wildman–Crippen LogP) is 1.19. The van der Waals surface area contributed by atoms with Crippen molar-refractivity contribution in [3.63, 3.8) is 0 Å². The summed E-state index contributed by atoms with van der Waals surface area (Å²) in [5, 5.41) is 9.25. The lowest BCUT2D eigenvalue weighted by Gasteiger charge is -2.08. The number of pyridine rings is 1. The van der Waals surface area contributed by atoms with E-state index in [1.165, 1.54) is 4.40 Å². The van der Waals surface area contributed by atoms with Crippen LogP contribution in [0.5, 0.6) is 0 Å². The molecule has 0 amide bonds. The Labute approximate surface area is 103 Å². The predicted molar refractivity (Wildman–Crippen MR) is 65.2 cm³/mol. The number of hydrogen-bond donors (Lipinski definition) is 1. The van der Waals surface area contributed by atoms with Gasteiger partial charge in [0.15, 0.2) is 5.65 Å². The van der Waals surface area contributed by atoms with Crippen molar-refractivity contribution in [2.75, 3.05) is 0 Å². The van der Waals surface area contributed by atoms with Gasteiger partial charge in [-0.1, -0.05) is 0 Å². The number of nitrogens with zero attached hydrogens (tertiary/aromatic N) is 2. The van der Waals surface area contributed by atoms with Crippen molar-refractivity contribution in [1.29, 1.82) is 0 Å². The smallest absolute Gasteiger partial charge is 0.339 e. The van der Waals surface area contributed by atoms with Crippen LogP contribution in [-0.4, -0.2) is 20.5 Å². The molecule has 2 heterocycles. The van der Waals surface area contributed by atoms with Crippen molar-refractivity contribution in [2.45, 2.75) is 26.2 Å². The van der Waals surface area contributed by atoms with E-state index in [1.807, 2.05) is 0 Å². The number of carboxylic acids is 1. The Bertz CT molecular complexity index is 731. The SMILES string of the molecule is Cc1ccn2c(=O)c3c(nc2c1C(=O)O)CCC3. The van der Waals surface area contributed by atoms with Crippen LogP contribution in [0.15, 0.2) is 17.1 Å². The van der Waals surface area contributed by atoms with Gasteiger partial charge in [0.25, 0.3) is 5.56 Å². The number of aromatic carboxylic acids is 1. The molecule has 2 aromatic heterocycles. The van der Waals surface area contributed by atoms with Gasteiger partial charge in [0.05, 0.1) is 5.69 Å². The number of carboxylic acid groups (broad SMARTS) is 1. The highest BCUT2D eigenvalue weighted by molar-refractivity contribution is 5.95.